The van der Waals surface area contributed by atoms with E-state index in [1.807, 2.05) is 0 Å². The topological polar surface area (TPSA) is 101 Å². The Balaban J connectivity index is 1.72. The molecule has 0 saturated heterocycles. The second kappa shape index (κ2) is 8.00. The van der Waals surface area contributed by atoms with Crippen molar-refractivity contribution >= 4 is 5.91 Å². The predicted octanol–water partition coefficient (Wildman–Crippen LogP) is 1.92. The molecular weight excluding hydrogens is 318 g/mol. The number of carbonyl (C=O) groups is 1. The Kier molecular flexibility index (Phi) is 5.53. The molecule has 1 saturated carbocycles. The van der Waals surface area contributed by atoms with Crippen LogP contribution in [-0.2, 0) is 11.2 Å². The Morgan fingerprint density at radius 1 is 1.20 bits per heavy atom. The van der Waals surface area contributed by atoms with Crippen LogP contribution in [0.2, 0.25) is 0 Å². The maximum atomic E-state index is 12.4. The molecule has 132 valence electrons. The summed E-state index contributed by atoms with van der Waals surface area (Å²) in [5.74, 6) is 0.555. The van der Waals surface area contributed by atoms with Crippen molar-refractivity contribution in [2.45, 2.75) is 57.9 Å². The molecule has 0 aliphatic heterocycles. The number of nitrogens with one attached hydrogen (secondary N) is 2. The summed E-state index contributed by atoms with van der Waals surface area (Å²) < 4.78 is 0. The minimum atomic E-state index is -0.314. The summed E-state index contributed by atoms with van der Waals surface area (Å²) in [4.78, 5) is 39.9. The number of aromatic amines is 1. The highest BCUT2D eigenvalue weighted by atomic mass is 16.2. The fourth-order valence-corrected chi connectivity index (χ4v) is 3.21. The number of carbonyl (C=O) groups excluding carboxylic acids is 1. The first-order valence-corrected chi connectivity index (χ1v) is 8.80. The maximum Gasteiger partial charge on any atom is 0.255 e. The first-order valence-electron chi connectivity index (χ1n) is 8.80. The zero-order valence-electron chi connectivity index (χ0n) is 14.4. The number of nitrogens with zero attached hydrogens (tertiary/aromatic N) is 3. The fourth-order valence-electron chi connectivity index (χ4n) is 3.21. The molecule has 1 aliphatic rings. The number of hydrogen-bond acceptors (Lipinski definition) is 5. The van der Waals surface area contributed by atoms with Crippen molar-refractivity contribution in [3.8, 4) is 11.6 Å². The van der Waals surface area contributed by atoms with Crippen molar-refractivity contribution in [1.82, 2.24) is 25.3 Å². The first-order chi connectivity index (χ1) is 12.1. The van der Waals surface area contributed by atoms with Crippen LogP contribution in [0.15, 0.2) is 23.3 Å². The van der Waals surface area contributed by atoms with Crippen molar-refractivity contribution in [1.29, 1.82) is 0 Å². The lowest BCUT2D eigenvalue weighted by atomic mass is 10.1. The van der Waals surface area contributed by atoms with Gasteiger partial charge in [0, 0.05) is 29.7 Å². The van der Waals surface area contributed by atoms with Gasteiger partial charge in [0.05, 0.1) is 6.42 Å². The molecule has 0 radical (unpaired) electrons. The smallest absolute Gasteiger partial charge is 0.255 e. The normalized spacial score (nSPS) is 15.6. The number of amides is 1. The van der Waals surface area contributed by atoms with Crippen LogP contribution >= 0.6 is 0 Å². The summed E-state index contributed by atoms with van der Waals surface area (Å²) in [5.41, 5.74) is 0.610. The molecule has 7 heteroatoms. The molecule has 0 spiro atoms. The predicted molar refractivity (Wildman–Crippen MR) is 94.0 cm³/mol. The summed E-state index contributed by atoms with van der Waals surface area (Å²) in [7, 11) is 0. The second-order valence-electron chi connectivity index (χ2n) is 6.48. The Morgan fingerprint density at radius 3 is 2.52 bits per heavy atom. The zero-order chi connectivity index (χ0) is 17.6. The number of aryl methyl sites for hydroxylation is 1. The van der Waals surface area contributed by atoms with E-state index in [4.69, 9.17) is 0 Å². The average molecular weight is 341 g/mol. The van der Waals surface area contributed by atoms with Gasteiger partial charge in [-0.1, -0.05) is 25.7 Å². The largest absolute Gasteiger partial charge is 0.353 e. The van der Waals surface area contributed by atoms with Crippen LogP contribution in [-0.4, -0.2) is 31.9 Å². The molecule has 7 nitrogen and oxygen atoms in total. The number of rotatable bonds is 4. The fraction of sp³-hybridized carbons (Fsp3) is 0.500. The van der Waals surface area contributed by atoms with Crippen molar-refractivity contribution in [3.05, 3.63) is 40.1 Å². The summed E-state index contributed by atoms with van der Waals surface area (Å²) in [6.07, 6.45) is 10.0. The van der Waals surface area contributed by atoms with Crippen LogP contribution in [0.3, 0.4) is 0 Å². The van der Waals surface area contributed by atoms with Gasteiger partial charge < -0.3 is 10.3 Å². The van der Waals surface area contributed by atoms with Gasteiger partial charge in [0.1, 0.15) is 0 Å². The van der Waals surface area contributed by atoms with E-state index >= 15 is 0 Å². The van der Waals surface area contributed by atoms with E-state index in [9.17, 15) is 9.59 Å². The molecular formula is C18H23N5O2. The van der Waals surface area contributed by atoms with E-state index in [0.29, 0.717) is 22.9 Å². The molecule has 2 heterocycles. The monoisotopic (exact) mass is 341 g/mol. The molecule has 2 aromatic heterocycles. The van der Waals surface area contributed by atoms with Crippen LogP contribution in [0.1, 0.15) is 49.8 Å². The van der Waals surface area contributed by atoms with Gasteiger partial charge in [0.15, 0.2) is 11.6 Å². The molecule has 0 bridgehead atoms. The van der Waals surface area contributed by atoms with Crippen molar-refractivity contribution in [3.63, 3.8) is 0 Å². The quantitative estimate of drug-likeness (QED) is 0.828. The highest BCUT2D eigenvalue weighted by Crippen LogP contribution is 2.17. The van der Waals surface area contributed by atoms with E-state index < -0.39 is 0 Å². The highest BCUT2D eigenvalue weighted by molar-refractivity contribution is 5.79. The van der Waals surface area contributed by atoms with Crippen molar-refractivity contribution < 1.29 is 4.79 Å². The third-order valence-corrected chi connectivity index (χ3v) is 4.56. The molecule has 2 aromatic rings. The highest BCUT2D eigenvalue weighted by Gasteiger charge is 2.18. The Labute approximate surface area is 146 Å². The second-order valence-corrected chi connectivity index (χ2v) is 6.48. The van der Waals surface area contributed by atoms with Gasteiger partial charge in [-0.25, -0.2) is 15.0 Å². The van der Waals surface area contributed by atoms with E-state index in [-0.39, 0.29) is 23.9 Å². The van der Waals surface area contributed by atoms with E-state index in [1.54, 1.807) is 25.4 Å². The van der Waals surface area contributed by atoms with Crippen molar-refractivity contribution in [2.75, 3.05) is 0 Å². The van der Waals surface area contributed by atoms with Crippen LogP contribution in [0, 0.1) is 6.92 Å². The summed E-state index contributed by atoms with van der Waals surface area (Å²) in [5, 5.41) is 3.06. The van der Waals surface area contributed by atoms with Gasteiger partial charge in [0.25, 0.3) is 5.56 Å². The summed E-state index contributed by atoms with van der Waals surface area (Å²) in [6.45, 7) is 1.73. The first kappa shape index (κ1) is 17.3. The van der Waals surface area contributed by atoms with Crippen LogP contribution < -0.4 is 10.9 Å². The van der Waals surface area contributed by atoms with Crippen LogP contribution in [0.5, 0.6) is 0 Å². The third-order valence-electron chi connectivity index (χ3n) is 4.56. The van der Waals surface area contributed by atoms with Gasteiger partial charge >= 0.3 is 0 Å². The summed E-state index contributed by atoms with van der Waals surface area (Å²) >= 11 is 0. The van der Waals surface area contributed by atoms with Gasteiger partial charge in [-0.05, 0) is 25.8 Å². The lowest BCUT2D eigenvalue weighted by molar-refractivity contribution is -0.121. The van der Waals surface area contributed by atoms with E-state index in [2.05, 4.69) is 25.3 Å². The molecule has 1 amide bonds. The number of aromatic nitrogens is 4. The van der Waals surface area contributed by atoms with Crippen LogP contribution in [0.25, 0.3) is 11.6 Å². The SMILES string of the molecule is Cc1nc(-c2ncccn2)[nH]c(=O)c1CC(=O)NC1CCCCCC1. The molecule has 0 unspecified atom stereocenters. The number of hydrogen-bond donors (Lipinski definition) is 2. The third kappa shape index (κ3) is 4.49. The molecule has 1 fully saturated rings. The minimum absolute atomic E-state index is 0.0423. The molecule has 3 rings (SSSR count). The van der Waals surface area contributed by atoms with Gasteiger partial charge in [-0.15, -0.1) is 0 Å². The van der Waals surface area contributed by atoms with E-state index in [1.165, 1.54) is 12.8 Å². The Morgan fingerprint density at radius 2 is 1.88 bits per heavy atom. The molecule has 1 aliphatic carbocycles. The average Bonchev–Trinajstić information content (AvgIpc) is 2.87. The number of H-pyrrole nitrogens is 1. The lowest BCUT2D eigenvalue weighted by Gasteiger charge is -2.16. The molecule has 25 heavy (non-hydrogen) atoms. The lowest BCUT2D eigenvalue weighted by Crippen LogP contribution is -2.36. The molecule has 2 N–H and O–H groups in total. The Hall–Kier alpha value is -2.57. The maximum absolute atomic E-state index is 12.4. The van der Waals surface area contributed by atoms with Gasteiger partial charge in [-0.2, -0.15) is 0 Å². The molecule has 0 atom stereocenters. The zero-order valence-corrected chi connectivity index (χ0v) is 14.4. The Bertz CT molecular complexity index is 780. The van der Waals surface area contributed by atoms with Gasteiger partial charge in [-0.3, -0.25) is 9.59 Å². The standard InChI is InChI=1S/C18H23N5O2/c1-12-14(11-15(24)22-13-7-4-2-3-5-8-13)18(25)23-17(21-12)16-19-9-6-10-20-16/h6,9-10,13H,2-5,7-8,11H2,1H3,(H,22,24)(H,21,23,25). The minimum Gasteiger partial charge on any atom is -0.353 e. The van der Waals surface area contributed by atoms with E-state index in [0.717, 1.165) is 25.7 Å². The van der Waals surface area contributed by atoms with Gasteiger partial charge in [0.2, 0.25) is 5.91 Å². The summed E-state index contributed by atoms with van der Waals surface area (Å²) in [6, 6.07) is 1.92. The van der Waals surface area contributed by atoms with Crippen molar-refractivity contribution in [2.24, 2.45) is 0 Å². The molecule has 0 aromatic carbocycles. The van der Waals surface area contributed by atoms with Crippen LogP contribution in [0.4, 0.5) is 0 Å².